The largest absolute Gasteiger partial charge is 0.378 e. The van der Waals surface area contributed by atoms with Crippen molar-refractivity contribution in [2.24, 2.45) is 0 Å². The van der Waals surface area contributed by atoms with Crippen molar-refractivity contribution < 1.29 is 4.74 Å². The first-order valence-corrected chi connectivity index (χ1v) is 11.7. The maximum atomic E-state index is 13.2. The normalized spacial score (nSPS) is 17.3. The van der Waals surface area contributed by atoms with Gasteiger partial charge in [-0.25, -0.2) is 9.97 Å². The number of ether oxygens (including phenoxy) is 1. The highest BCUT2D eigenvalue weighted by atomic mass is 35.5. The molecule has 0 radical (unpaired) electrons. The SMILES string of the molecule is O=c1c2cc(Cl)cc(Cl)c2nc2n1CC/C2=C/c1cc2ccccc2nc1N1CCOCC1. The predicted octanol–water partition coefficient (Wildman–Crippen LogP) is 5.03. The fourth-order valence-corrected chi connectivity index (χ4v) is 5.16. The Balaban J connectivity index is 1.54. The second-order valence-electron chi connectivity index (χ2n) is 8.29. The number of rotatable bonds is 2. The molecule has 1 fully saturated rings. The number of halogens is 2. The quantitative estimate of drug-likeness (QED) is 0.404. The van der Waals surface area contributed by atoms with Crippen molar-refractivity contribution in [1.82, 2.24) is 14.5 Å². The van der Waals surface area contributed by atoms with E-state index in [4.69, 9.17) is 37.9 Å². The lowest BCUT2D eigenvalue weighted by Gasteiger charge is -2.29. The van der Waals surface area contributed by atoms with Gasteiger partial charge in [0, 0.05) is 35.6 Å². The van der Waals surface area contributed by atoms with Crippen LogP contribution in [0.2, 0.25) is 10.0 Å². The third kappa shape index (κ3) is 3.59. The van der Waals surface area contributed by atoms with Crippen LogP contribution in [0.25, 0.3) is 33.5 Å². The summed E-state index contributed by atoms with van der Waals surface area (Å²) in [5.74, 6) is 1.58. The molecule has 0 spiro atoms. The standard InChI is InChI=1S/C25H20Cl2N4O2/c26-18-13-19-22(20(27)14-18)29-24-16(5-6-31(24)25(19)32)12-17-11-15-3-1-2-4-21(15)28-23(17)30-7-9-33-10-8-30/h1-4,11-14H,5-10H2/b16-12-. The highest BCUT2D eigenvalue weighted by molar-refractivity contribution is 6.38. The number of pyridine rings is 1. The molecule has 2 aliphatic heterocycles. The molecular formula is C25H20Cl2N4O2. The fourth-order valence-electron chi connectivity index (χ4n) is 4.63. The van der Waals surface area contributed by atoms with Crippen LogP contribution in [0.3, 0.4) is 0 Å². The second-order valence-corrected chi connectivity index (χ2v) is 9.13. The minimum atomic E-state index is -0.118. The number of anilines is 1. The molecule has 0 atom stereocenters. The van der Waals surface area contributed by atoms with Gasteiger partial charge < -0.3 is 9.64 Å². The van der Waals surface area contributed by atoms with Gasteiger partial charge in [-0.15, -0.1) is 0 Å². The summed E-state index contributed by atoms with van der Waals surface area (Å²) >= 11 is 12.5. The molecule has 4 heterocycles. The average molecular weight is 479 g/mol. The summed E-state index contributed by atoms with van der Waals surface area (Å²) in [6.45, 7) is 3.50. The lowest BCUT2D eigenvalue weighted by atomic mass is 10.1. The number of morpholine rings is 1. The molecule has 0 aliphatic carbocycles. The summed E-state index contributed by atoms with van der Waals surface area (Å²) in [5.41, 5.74) is 3.32. The van der Waals surface area contributed by atoms with E-state index in [-0.39, 0.29) is 5.56 Å². The monoisotopic (exact) mass is 478 g/mol. The number of para-hydroxylation sites is 1. The van der Waals surface area contributed by atoms with Gasteiger partial charge in [0.1, 0.15) is 11.6 Å². The van der Waals surface area contributed by atoms with Crippen molar-refractivity contribution >= 4 is 62.5 Å². The Morgan fingerprint density at radius 1 is 1.00 bits per heavy atom. The van der Waals surface area contributed by atoms with E-state index in [9.17, 15) is 4.79 Å². The van der Waals surface area contributed by atoms with Gasteiger partial charge in [-0.1, -0.05) is 41.4 Å². The van der Waals surface area contributed by atoms with Gasteiger partial charge in [-0.3, -0.25) is 9.36 Å². The van der Waals surface area contributed by atoms with Crippen molar-refractivity contribution in [2.45, 2.75) is 13.0 Å². The average Bonchev–Trinajstić information content (AvgIpc) is 3.23. The molecule has 6 nitrogen and oxygen atoms in total. The van der Waals surface area contributed by atoms with Crippen LogP contribution in [-0.2, 0) is 11.3 Å². The smallest absolute Gasteiger partial charge is 0.261 e. The van der Waals surface area contributed by atoms with Crippen LogP contribution in [0.4, 0.5) is 5.82 Å². The molecule has 4 aromatic rings. The van der Waals surface area contributed by atoms with Gasteiger partial charge in [-0.2, -0.15) is 0 Å². The first-order valence-electron chi connectivity index (χ1n) is 10.9. The zero-order valence-corrected chi connectivity index (χ0v) is 19.2. The highest BCUT2D eigenvalue weighted by Gasteiger charge is 2.24. The van der Waals surface area contributed by atoms with E-state index in [1.54, 1.807) is 16.7 Å². The Kier molecular flexibility index (Phi) is 5.09. The zero-order valence-electron chi connectivity index (χ0n) is 17.7. The van der Waals surface area contributed by atoms with E-state index in [2.05, 4.69) is 23.1 Å². The summed E-state index contributed by atoms with van der Waals surface area (Å²) in [6, 6.07) is 13.5. The van der Waals surface area contributed by atoms with E-state index in [0.717, 1.165) is 40.9 Å². The first-order chi connectivity index (χ1) is 16.1. The van der Waals surface area contributed by atoms with Gasteiger partial charge in [0.2, 0.25) is 0 Å². The van der Waals surface area contributed by atoms with Gasteiger partial charge in [-0.05, 0) is 42.3 Å². The fraction of sp³-hybridized carbons (Fsp3) is 0.240. The lowest BCUT2D eigenvalue weighted by Crippen LogP contribution is -2.37. The predicted molar refractivity (Wildman–Crippen MR) is 133 cm³/mol. The molecule has 0 saturated carbocycles. The minimum Gasteiger partial charge on any atom is -0.378 e. The maximum Gasteiger partial charge on any atom is 0.261 e. The molecule has 6 rings (SSSR count). The van der Waals surface area contributed by atoms with Gasteiger partial charge in [0.25, 0.3) is 5.56 Å². The van der Waals surface area contributed by atoms with Crippen LogP contribution in [0, 0.1) is 0 Å². The Bertz CT molecular complexity index is 1510. The Morgan fingerprint density at radius 2 is 1.82 bits per heavy atom. The van der Waals surface area contributed by atoms with E-state index in [0.29, 0.717) is 53.0 Å². The summed E-state index contributed by atoms with van der Waals surface area (Å²) in [4.78, 5) is 25.2. The van der Waals surface area contributed by atoms with Crippen LogP contribution in [0.15, 0.2) is 47.3 Å². The molecule has 8 heteroatoms. The van der Waals surface area contributed by atoms with E-state index >= 15 is 0 Å². The lowest BCUT2D eigenvalue weighted by molar-refractivity contribution is 0.122. The van der Waals surface area contributed by atoms with Crippen LogP contribution in [0.1, 0.15) is 17.8 Å². The van der Waals surface area contributed by atoms with E-state index in [1.165, 1.54) is 0 Å². The number of nitrogens with zero attached hydrogens (tertiary/aromatic N) is 4. The van der Waals surface area contributed by atoms with Crippen molar-refractivity contribution in [3.8, 4) is 0 Å². The molecular weight excluding hydrogens is 459 g/mol. The molecule has 2 aromatic carbocycles. The second kappa shape index (κ2) is 8.13. The molecule has 0 unspecified atom stereocenters. The molecule has 0 N–H and O–H groups in total. The summed E-state index contributed by atoms with van der Waals surface area (Å²) in [7, 11) is 0. The number of benzene rings is 2. The summed E-state index contributed by atoms with van der Waals surface area (Å²) in [5, 5.41) is 2.32. The van der Waals surface area contributed by atoms with E-state index in [1.807, 2.05) is 18.2 Å². The third-order valence-corrected chi connectivity index (χ3v) is 6.75. The molecule has 2 aliphatic rings. The van der Waals surface area contributed by atoms with Gasteiger partial charge >= 0.3 is 0 Å². The molecule has 0 bridgehead atoms. The molecule has 0 amide bonds. The molecule has 33 heavy (non-hydrogen) atoms. The minimum absolute atomic E-state index is 0.118. The summed E-state index contributed by atoms with van der Waals surface area (Å²) in [6.07, 6.45) is 2.82. The van der Waals surface area contributed by atoms with E-state index < -0.39 is 0 Å². The number of hydrogen-bond donors (Lipinski definition) is 0. The number of allylic oxidation sites excluding steroid dienone is 1. The highest BCUT2D eigenvalue weighted by Crippen LogP contribution is 2.33. The van der Waals surface area contributed by atoms with Crippen molar-refractivity contribution in [3.05, 3.63) is 74.3 Å². The Hall–Kier alpha value is -2.93. The zero-order chi connectivity index (χ0) is 22.5. The topological polar surface area (TPSA) is 60.2 Å². The Morgan fingerprint density at radius 3 is 2.67 bits per heavy atom. The number of fused-ring (bicyclic) bond motifs is 3. The third-order valence-electron chi connectivity index (χ3n) is 6.24. The van der Waals surface area contributed by atoms with Crippen LogP contribution >= 0.6 is 23.2 Å². The molecule has 2 aromatic heterocycles. The van der Waals surface area contributed by atoms with Crippen molar-refractivity contribution in [2.75, 3.05) is 31.2 Å². The molecule has 1 saturated heterocycles. The van der Waals surface area contributed by atoms with Crippen LogP contribution in [-0.4, -0.2) is 40.8 Å². The van der Waals surface area contributed by atoms with Crippen LogP contribution < -0.4 is 10.5 Å². The summed E-state index contributed by atoms with van der Waals surface area (Å²) < 4.78 is 7.26. The van der Waals surface area contributed by atoms with Crippen molar-refractivity contribution in [3.63, 3.8) is 0 Å². The maximum absolute atomic E-state index is 13.2. The number of aromatic nitrogens is 3. The van der Waals surface area contributed by atoms with Crippen LogP contribution in [0.5, 0.6) is 0 Å². The molecule has 166 valence electrons. The van der Waals surface area contributed by atoms with Gasteiger partial charge in [0.05, 0.1) is 34.7 Å². The Labute approximate surface area is 200 Å². The first kappa shape index (κ1) is 20.7. The van der Waals surface area contributed by atoms with Gasteiger partial charge in [0.15, 0.2) is 0 Å². The number of hydrogen-bond acceptors (Lipinski definition) is 5. The van der Waals surface area contributed by atoms with Crippen molar-refractivity contribution in [1.29, 1.82) is 0 Å².